The fourth-order valence-corrected chi connectivity index (χ4v) is 3.35. The average molecular weight is 328 g/mol. The molecule has 0 unspecified atom stereocenters. The highest BCUT2D eigenvalue weighted by atomic mass is 16.6. The molecule has 1 N–H and O–H groups in total. The van der Waals surface area contributed by atoms with Gasteiger partial charge in [0.15, 0.2) is 5.52 Å². The first-order valence-corrected chi connectivity index (χ1v) is 8.02. The molecule has 1 fully saturated rings. The Bertz CT molecular complexity index is 806. The predicted molar refractivity (Wildman–Crippen MR) is 92.2 cm³/mol. The van der Waals surface area contributed by atoms with Crippen LogP contribution in [0.3, 0.4) is 0 Å². The molecule has 7 nitrogen and oxygen atoms in total. The number of fused-ring (bicyclic) bond motifs is 1. The van der Waals surface area contributed by atoms with Crippen LogP contribution < -0.4 is 10.2 Å². The van der Waals surface area contributed by atoms with Crippen LogP contribution in [0.15, 0.2) is 24.3 Å². The molecule has 0 radical (unpaired) electrons. The van der Waals surface area contributed by atoms with E-state index in [1.165, 1.54) is 13.0 Å². The van der Waals surface area contributed by atoms with E-state index in [2.05, 4.69) is 15.2 Å². The molecular formula is C17H20N4O3. The highest BCUT2D eigenvalue weighted by Gasteiger charge is 2.24. The average Bonchev–Trinajstić information content (AvgIpc) is 2.53. The van der Waals surface area contributed by atoms with E-state index in [9.17, 15) is 14.9 Å². The largest absolute Gasteiger partial charge is 0.369 e. The number of nitro benzene ring substituents is 1. The van der Waals surface area contributed by atoms with Gasteiger partial charge in [0.1, 0.15) is 0 Å². The maximum atomic E-state index is 11.3. The number of nitrogens with zero attached hydrogens (tertiary/aromatic N) is 3. The monoisotopic (exact) mass is 328 g/mol. The second kappa shape index (κ2) is 6.43. The summed E-state index contributed by atoms with van der Waals surface area (Å²) in [5.41, 5.74) is 2.12. The van der Waals surface area contributed by atoms with Gasteiger partial charge in [-0.3, -0.25) is 14.9 Å². The van der Waals surface area contributed by atoms with Crippen molar-refractivity contribution in [3.63, 3.8) is 0 Å². The van der Waals surface area contributed by atoms with E-state index in [-0.39, 0.29) is 17.6 Å². The Morgan fingerprint density at radius 2 is 2.25 bits per heavy atom. The highest BCUT2D eigenvalue weighted by molar-refractivity contribution is 5.97. The summed E-state index contributed by atoms with van der Waals surface area (Å²) in [5.74, 6) is -0.0340. The molecule has 1 saturated heterocycles. The minimum Gasteiger partial charge on any atom is -0.369 e. The second-order valence-corrected chi connectivity index (χ2v) is 6.20. The molecule has 2 heterocycles. The molecule has 1 aliphatic rings. The molecule has 24 heavy (non-hydrogen) atoms. The third-order valence-corrected chi connectivity index (χ3v) is 4.29. The first-order chi connectivity index (χ1) is 11.5. The lowest BCUT2D eigenvalue weighted by Crippen LogP contribution is -2.47. The van der Waals surface area contributed by atoms with E-state index in [0.717, 1.165) is 36.2 Å². The molecule has 3 rings (SSSR count). The second-order valence-electron chi connectivity index (χ2n) is 6.20. The summed E-state index contributed by atoms with van der Waals surface area (Å²) in [6.07, 6.45) is 1.90. The number of nitro groups is 1. The van der Waals surface area contributed by atoms with Gasteiger partial charge in [0.25, 0.3) is 5.69 Å². The van der Waals surface area contributed by atoms with Gasteiger partial charge in [-0.05, 0) is 25.8 Å². The number of carbonyl (C=O) groups is 1. The fraction of sp³-hybridized carbons (Fsp3) is 0.412. The SMILES string of the molecule is CC(=O)N[C@H]1CCCN(c2cc(C)nc3c([N+](=O)[O-])cccc23)C1. The number of hydrogen-bond acceptors (Lipinski definition) is 5. The number of amides is 1. The number of para-hydroxylation sites is 1. The van der Waals surface area contributed by atoms with Crippen LogP contribution in [0, 0.1) is 17.0 Å². The van der Waals surface area contributed by atoms with Crippen LogP contribution in [0.2, 0.25) is 0 Å². The summed E-state index contributed by atoms with van der Waals surface area (Å²) in [5, 5.41) is 15.0. The summed E-state index contributed by atoms with van der Waals surface area (Å²) < 4.78 is 0. The van der Waals surface area contributed by atoms with E-state index in [1.54, 1.807) is 6.07 Å². The van der Waals surface area contributed by atoms with Crippen LogP contribution in [0.5, 0.6) is 0 Å². The van der Waals surface area contributed by atoms with Crippen molar-refractivity contribution in [3.8, 4) is 0 Å². The number of aryl methyl sites for hydroxylation is 1. The van der Waals surface area contributed by atoms with Gasteiger partial charge in [-0.15, -0.1) is 0 Å². The number of nitrogens with one attached hydrogen (secondary N) is 1. The Labute approximate surface area is 139 Å². The molecule has 2 aromatic rings. The molecule has 1 aromatic carbocycles. The molecule has 1 atom stereocenters. The van der Waals surface area contributed by atoms with Gasteiger partial charge in [0, 0.05) is 48.9 Å². The number of pyridine rings is 1. The number of piperidine rings is 1. The van der Waals surface area contributed by atoms with Gasteiger partial charge >= 0.3 is 0 Å². The Hall–Kier alpha value is -2.70. The maximum absolute atomic E-state index is 11.3. The molecule has 1 aromatic heterocycles. The number of anilines is 1. The smallest absolute Gasteiger partial charge is 0.295 e. The zero-order valence-electron chi connectivity index (χ0n) is 13.8. The van der Waals surface area contributed by atoms with Crippen molar-refractivity contribution >= 4 is 28.2 Å². The summed E-state index contributed by atoms with van der Waals surface area (Å²) in [6.45, 7) is 4.92. The third-order valence-electron chi connectivity index (χ3n) is 4.29. The third kappa shape index (κ3) is 3.15. The number of rotatable bonds is 3. The zero-order valence-corrected chi connectivity index (χ0v) is 13.8. The Morgan fingerprint density at radius 1 is 1.46 bits per heavy atom. The van der Waals surface area contributed by atoms with Crippen molar-refractivity contribution in [2.45, 2.75) is 32.7 Å². The predicted octanol–water partition coefficient (Wildman–Crippen LogP) is 2.56. The summed E-state index contributed by atoms with van der Waals surface area (Å²) in [7, 11) is 0. The van der Waals surface area contributed by atoms with Gasteiger partial charge in [-0.2, -0.15) is 0 Å². The Morgan fingerprint density at radius 3 is 2.96 bits per heavy atom. The van der Waals surface area contributed by atoms with Gasteiger partial charge in [-0.25, -0.2) is 4.98 Å². The van der Waals surface area contributed by atoms with Crippen LogP contribution in [-0.4, -0.2) is 34.9 Å². The molecular weight excluding hydrogens is 308 g/mol. The molecule has 1 amide bonds. The lowest BCUT2D eigenvalue weighted by Gasteiger charge is -2.35. The van der Waals surface area contributed by atoms with Crippen LogP contribution in [0.25, 0.3) is 10.9 Å². The Balaban J connectivity index is 2.04. The quantitative estimate of drug-likeness (QED) is 0.691. The van der Waals surface area contributed by atoms with E-state index in [4.69, 9.17) is 0 Å². The molecule has 0 saturated carbocycles. The Kier molecular flexibility index (Phi) is 4.33. The standard InChI is InChI=1S/C17H20N4O3/c1-11-9-16(20-8-4-5-13(10-20)19-12(2)22)14-6-3-7-15(21(23)24)17(14)18-11/h3,6-7,9,13H,4-5,8,10H2,1-2H3,(H,19,22)/t13-/m0/s1. The summed E-state index contributed by atoms with van der Waals surface area (Å²) in [6, 6.07) is 7.10. The van der Waals surface area contributed by atoms with Gasteiger partial charge < -0.3 is 10.2 Å². The number of carbonyl (C=O) groups excluding carboxylic acids is 1. The fourth-order valence-electron chi connectivity index (χ4n) is 3.35. The normalized spacial score (nSPS) is 17.8. The molecule has 0 bridgehead atoms. The lowest BCUT2D eigenvalue weighted by atomic mass is 10.0. The van der Waals surface area contributed by atoms with Crippen molar-refractivity contribution in [3.05, 3.63) is 40.1 Å². The minimum atomic E-state index is -0.394. The van der Waals surface area contributed by atoms with Gasteiger partial charge in [-0.1, -0.05) is 12.1 Å². The lowest BCUT2D eigenvalue weighted by molar-refractivity contribution is -0.383. The van der Waals surface area contributed by atoms with E-state index >= 15 is 0 Å². The van der Waals surface area contributed by atoms with Gasteiger partial charge in [0.2, 0.25) is 5.91 Å². The first-order valence-electron chi connectivity index (χ1n) is 8.02. The van der Waals surface area contributed by atoms with Crippen LogP contribution in [0.4, 0.5) is 11.4 Å². The van der Waals surface area contributed by atoms with Crippen LogP contribution in [-0.2, 0) is 4.79 Å². The van der Waals surface area contributed by atoms with Crippen molar-refractivity contribution in [2.24, 2.45) is 0 Å². The molecule has 0 aliphatic carbocycles. The van der Waals surface area contributed by atoms with Crippen molar-refractivity contribution in [1.29, 1.82) is 0 Å². The van der Waals surface area contributed by atoms with Crippen molar-refractivity contribution < 1.29 is 9.72 Å². The van der Waals surface area contributed by atoms with Gasteiger partial charge in [0.05, 0.1) is 4.92 Å². The molecule has 7 heteroatoms. The number of non-ortho nitro benzene ring substituents is 1. The minimum absolute atomic E-state index is 0.0212. The molecule has 1 aliphatic heterocycles. The van der Waals surface area contributed by atoms with Crippen molar-refractivity contribution in [1.82, 2.24) is 10.3 Å². The van der Waals surface area contributed by atoms with Crippen LogP contribution >= 0.6 is 0 Å². The topological polar surface area (TPSA) is 88.4 Å². The van der Waals surface area contributed by atoms with E-state index < -0.39 is 4.92 Å². The zero-order chi connectivity index (χ0) is 17.3. The number of benzene rings is 1. The van der Waals surface area contributed by atoms with E-state index in [0.29, 0.717) is 12.1 Å². The molecule has 0 spiro atoms. The van der Waals surface area contributed by atoms with Crippen molar-refractivity contribution in [2.75, 3.05) is 18.0 Å². The summed E-state index contributed by atoms with van der Waals surface area (Å²) in [4.78, 5) is 28.8. The van der Waals surface area contributed by atoms with E-state index in [1.807, 2.05) is 19.1 Å². The number of hydrogen-bond donors (Lipinski definition) is 1. The number of aromatic nitrogens is 1. The maximum Gasteiger partial charge on any atom is 0.295 e. The van der Waals surface area contributed by atoms with Crippen LogP contribution in [0.1, 0.15) is 25.5 Å². The highest BCUT2D eigenvalue weighted by Crippen LogP contribution is 2.33. The first kappa shape index (κ1) is 16.2. The molecule has 126 valence electrons. The summed E-state index contributed by atoms with van der Waals surface area (Å²) >= 11 is 0.